The summed E-state index contributed by atoms with van der Waals surface area (Å²) in [5.74, 6) is 1.33. The third kappa shape index (κ3) is 4.37. The number of rotatable bonds is 6. The molecule has 30 heavy (non-hydrogen) atoms. The van der Waals surface area contributed by atoms with E-state index in [2.05, 4.69) is 5.16 Å². The molecule has 10 heteroatoms. The molecule has 0 radical (unpaired) electrons. The predicted molar refractivity (Wildman–Crippen MR) is 107 cm³/mol. The van der Waals surface area contributed by atoms with Crippen LogP contribution < -0.4 is 14.2 Å². The first-order valence-electron chi connectivity index (χ1n) is 9.75. The van der Waals surface area contributed by atoms with E-state index in [1.165, 1.54) is 21.3 Å². The van der Waals surface area contributed by atoms with Gasteiger partial charge >= 0.3 is 6.09 Å². The van der Waals surface area contributed by atoms with Gasteiger partial charge in [-0.3, -0.25) is 4.79 Å². The zero-order chi connectivity index (χ0) is 21.7. The highest BCUT2D eigenvalue weighted by atomic mass is 16.6. The zero-order valence-corrected chi connectivity index (χ0v) is 17.7. The molecule has 2 amide bonds. The molecule has 10 nitrogen and oxygen atoms in total. The minimum Gasteiger partial charge on any atom is -0.493 e. The Hall–Kier alpha value is -3.17. The van der Waals surface area contributed by atoms with Crippen LogP contribution in [0, 0.1) is 0 Å². The van der Waals surface area contributed by atoms with Gasteiger partial charge in [-0.2, -0.15) is 0 Å². The maximum absolute atomic E-state index is 12.8. The Morgan fingerprint density at radius 2 is 1.63 bits per heavy atom. The number of hydrogen-bond acceptors (Lipinski definition) is 8. The third-order valence-corrected chi connectivity index (χ3v) is 5.06. The van der Waals surface area contributed by atoms with Crippen molar-refractivity contribution in [3.63, 3.8) is 0 Å². The molecule has 164 valence electrons. The predicted octanol–water partition coefficient (Wildman–Crippen LogP) is 1.51. The Morgan fingerprint density at radius 1 is 1.03 bits per heavy atom. The molecule has 1 aromatic rings. The lowest BCUT2D eigenvalue weighted by Crippen LogP contribution is -2.53. The van der Waals surface area contributed by atoms with Gasteiger partial charge in [-0.05, 0) is 19.1 Å². The number of nitrogens with zero attached hydrogens (tertiary/aromatic N) is 3. The Bertz CT molecular complexity index is 794. The normalized spacial score (nSPS) is 18.4. The summed E-state index contributed by atoms with van der Waals surface area (Å²) in [6, 6.07) is 3.54. The van der Waals surface area contributed by atoms with Crippen molar-refractivity contribution < 1.29 is 33.4 Å². The number of piperazine rings is 1. The molecule has 0 bridgehead atoms. The van der Waals surface area contributed by atoms with Gasteiger partial charge in [-0.25, -0.2) is 4.79 Å². The van der Waals surface area contributed by atoms with E-state index in [1.807, 2.05) is 0 Å². The second-order valence-electron chi connectivity index (χ2n) is 6.76. The molecule has 0 aromatic heterocycles. The first kappa shape index (κ1) is 21.5. The molecule has 1 fully saturated rings. The molecule has 1 aromatic carbocycles. The lowest BCUT2D eigenvalue weighted by molar-refractivity contribution is -0.143. The fourth-order valence-corrected chi connectivity index (χ4v) is 3.46. The number of carbonyl (C=O) groups excluding carboxylic acids is 2. The minimum absolute atomic E-state index is 0.148. The van der Waals surface area contributed by atoms with Crippen LogP contribution in [0.1, 0.15) is 18.9 Å². The smallest absolute Gasteiger partial charge is 0.409 e. The average molecular weight is 421 g/mol. The van der Waals surface area contributed by atoms with E-state index in [0.29, 0.717) is 62.2 Å². The van der Waals surface area contributed by atoms with Crippen LogP contribution in [0.5, 0.6) is 17.2 Å². The lowest BCUT2D eigenvalue weighted by atomic mass is 10.0. The SMILES string of the molecule is CCOC(=O)N1CCN(C(=O)C2CC(c3cc(OC)c(OC)c(OC)c3)=NO2)CC1. The largest absolute Gasteiger partial charge is 0.493 e. The maximum atomic E-state index is 12.8. The van der Waals surface area contributed by atoms with Gasteiger partial charge in [0.25, 0.3) is 5.91 Å². The maximum Gasteiger partial charge on any atom is 0.409 e. The summed E-state index contributed by atoms with van der Waals surface area (Å²) >= 11 is 0. The van der Waals surface area contributed by atoms with Gasteiger partial charge < -0.3 is 33.6 Å². The van der Waals surface area contributed by atoms with Gasteiger partial charge in [0.15, 0.2) is 11.5 Å². The summed E-state index contributed by atoms with van der Waals surface area (Å²) in [6.45, 7) is 3.81. The molecule has 1 saturated heterocycles. The topological polar surface area (TPSA) is 99.1 Å². The first-order chi connectivity index (χ1) is 14.5. The van der Waals surface area contributed by atoms with E-state index in [4.69, 9.17) is 23.8 Å². The van der Waals surface area contributed by atoms with Crippen LogP contribution in [0.2, 0.25) is 0 Å². The lowest BCUT2D eigenvalue weighted by Gasteiger charge is -2.34. The van der Waals surface area contributed by atoms with E-state index in [1.54, 1.807) is 28.9 Å². The molecular weight excluding hydrogens is 394 g/mol. The molecule has 2 heterocycles. The van der Waals surface area contributed by atoms with Crippen LogP contribution in [0.25, 0.3) is 0 Å². The first-order valence-corrected chi connectivity index (χ1v) is 9.75. The van der Waals surface area contributed by atoms with E-state index in [9.17, 15) is 9.59 Å². The Balaban J connectivity index is 1.63. The highest BCUT2D eigenvalue weighted by Crippen LogP contribution is 2.39. The van der Waals surface area contributed by atoms with Gasteiger partial charge in [-0.15, -0.1) is 0 Å². The van der Waals surface area contributed by atoms with Crippen molar-refractivity contribution in [1.29, 1.82) is 0 Å². The molecule has 3 rings (SSSR count). The number of oxime groups is 1. The second kappa shape index (κ2) is 9.55. The van der Waals surface area contributed by atoms with Crippen molar-refractivity contribution >= 4 is 17.7 Å². The Labute approximate surface area is 175 Å². The van der Waals surface area contributed by atoms with Gasteiger partial charge in [0.05, 0.1) is 33.6 Å². The molecule has 0 spiro atoms. The molecule has 0 N–H and O–H groups in total. The number of ether oxygens (including phenoxy) is 4. The molecule has 0 saturated carbocycles. The fraction of sp³-hybridized carbons (Fsp3) is 0.550. The highest BCUT2D eigenvalue weighted by molar-refractivity contribution is 6.05. The van der Waals surface area contributed by atoms with Gasteiger partial charge in [0.1, 0.15) is 0 Å². The van der Waals surface area contributed by atoms with Crippen LogP contribution in [0.15, 0.2) is 17.3 Å². The van der Waals surface area contributed by atoms with Crippen LogP contribution in [-0.4, -0.2) is 87.7 Å². The van der Waals surface area contributed by atoms with Crippen LogP contribution in [0.4, 0.5) is 4.79 Å². The van der Waals surface area contributed by atoms with Crippen LogP contribution >= 0.6 is 0 Å². The van der Waals surface area contributed by atoms with Crippen molar-refractivity contribution in [1.82, 2.24) is 9.80 Å². The highest BCUT2D eigenvalue weighted by Gasteiger charge is 2.35. The van der Waals surface area contributed by atoms with E-state index in [-0.39, 0.29) is 12.0 Å². The number of benzene rings is 1. The average Bonchev–Trinajstić information content (AvgIpc) is 3.28. The second-order valence-corrected chi connectivity index (χ2v) is 6.76. The van der Waals surface area contributed by atoms with E-state index in [0.717, 1.165) is 5.56 Å². The molecule has 0 aliphatic carbocycles. The summed E-state index contributed by atoms with van der Waals surface area (Å²) in [4.78, 5) is 33.4. The summed E-state index contributed by atoms with van der Waals surface area (Å²) in [5.41, 5.74) is 1.35. The number of methoxy groups -OCH3 is 3. The monoisotopic (exact) mass is 421 g/mol. The van der Waals surface area contributed by atoms with Gasteiger partial charge in [0, 0.05) is 38.2 Å². The standard InChI is InChI=1S/C20H27N3O7/c1-5-29-20(25)23-8-6-22(7-9-23)19(24)17-12-14(21-30-17)13-10-15(26-2)18(28-4)16(11-13)27-3/h10-11,17H,5-9,12H2,1-4H3. The van der Waals surface area contributed by atoms with Crippen LogP contribution in [0.3, 0.4) is 0 Å². The zero-order valence-electron chi connectivity index (χ0n) is 17.7. The number of hydrogen-bond donors (Lipinski definition) is 0. The number of amides is 2. The van der Waals surface area contributed by atoms with E-state index >= 15 is 0 Å². The van der Waals surface area contributed by atoms with E-state index < -0.39 is 6.10 Å². The van der Waals surface area contributed by atoms with Crippen molar-refractivity contribution in [2.45, 2.75) is 19.4 Å². The molecule has 1 atom stereocenters. The summed E-state index contributed by atoms with van der Waals surface area (Å²) in [7, 11) is 4.61. The van der Waals surface area contributed by atoms with Crippen LogP contribution in [-0.2, 0) is 14.4 Å². The van der Waals surface area contributed by atoms with Gasteiger partial charge in [0.2, 0.25) is 11.9 Å². The molecular formula is C20H27N3O7. The van der Waals surface area contributed by atoms with Crippen molar-refractivity contribution in [3.05, 3.63) is 17.7 Å². The summed E-state index contributed by atoms with van der Waals surface area (Å²) in [5, 5.41) is 4.11. The summed E-state index contributed by atoms with van der Waals surface area (Å²) in [6.07, 6.45) is -0.724. The number of carbonyl (C=O) groups is 2. The fourth-order valence-electron chi connectivity index (χ4n) is 3.46. The third-order valence-electron chi connectivity index (χ3n) is 5.06. The quantitative estimate of drug-likeness (QED) is 0.686. The Morgan fingerprint density at radius 3 is 2.17 bits per heavy atom. The van der Waals surface area contributed by atoms with Crippen molar-refractivity contribution in [2.24, 2.45) is 5.16 Å². The van der Waals surface area contributed by atoms with Crippen molar-refractivity contribution in [3.8, 4) is 17.2 Å². The van der Waals surface area contributed by atoms with Gasteiger partial charge in [-0.1, -0.05) is 5.16 Å². The molecule has 2 aliphatic rings. The Kier molecular flexibility index (Phi) is 6.86. The van der Waals surface area contributed by atoms with Crippen molar-refractivity contribution in [2.75, 3.05) is 54.1 Å². The minimum atomic E-state index is -0.701. The molecule has 2 aliphatic heterocycles. The molecule has 1 unspecified atom stereocenters. The summed E-state index contributed by atoms with van der Waals surface area (Å²) < 4.78 is 21.1.